The third-order valence-electron chi connectivity index (χ3n) is 2.80. The Morgan fingerprint density at radius 3 is 3.00 bits per heavy atom. The number of nitrogens with zero attached hydrogens (tertiary/aromatic N) is 2. The molecule has 1 saturated heterocycles. The number of aromatic nitrogens is 1. The Morgan fingerprint density at radius 2 is 2.33 bits per heavy atom. The molecule has 2 unspecified atom stereocenters. The van der Waals surface area contributed by atoms with Crippen LogP contribution in [0.1, 0.15) is 23.5 Å². The van der Waals surface area contributed by atoms with Crippen LogP contribution in [-0.2, 0) is 9.47 Å². The van der Waals surface area contributed by atoms with Crippen LogP contribution >= 0.6 is 22.9 Å². The first-order chi connectivity index (χ1) is 8.52. The van der Waals surface area contributed by atoms with E-state index in [0.29, 0.717) is 11.5 Å². The van der Waals surface area contributed by atoms with Crippen LogP contribution in [0.15, 0.2) is 0 Å². The molecule has 1 aliphatic rings. The van der Waals surface area contributed by atoms with Gasteiger partial charge in [0.25, 0.3) is 0 Å². The summed E-state index contributed by atoms with van der Waals surface area (Å²) in [5, 5.41) is 0.941. The smallest absolute Gasteiger partial charge is 0.351 e. The second kappa shape index (κ2) is 5.42. The lowest BCUT2D eigenvalue weighted by Crippen LogP contribution is -2.47. The fourth-order valence-corrected chi connectivity index (χ4v) is 3.11. The van der Waals surface area contributed by atoms with Crippen molar-refractivity contribution < 1.29 is 14.3 Å². The van der Waals surface area contributed by atoms with E-state index in [1.54, 1.807) is 0 Å². The first kappa shape index (κ1) is 13.6. The zero-order chi connectivity index (χ0) is 13.3. The Kier molecular flexibility index (Phi) is 4.09. The van der Waals surface area contributed by atoms with E-state index < -0.39 is 5.97 Å². The van der Waals surface area contributed by atoms with Gasteiger partial charge in [0, 0.05) is 6.54 Å². The number of esters is 1. The maximum absolute atomic E-state index is 11.5. The third kappa shape index (κ3) is 2.60. The molecule has 0 aromatic carbocycles. The van der Waals surface area contributed by atoms with Crippen molar-refractivity contribution in [1.82, 2.24) is 4.98 Å². The van der Waals surface area contributed by atoms with Gasteiger partial charge in [0.2, 0.25) is 0 Å². The molecule has 1 aromatic heterocycles. The zero-order valence-electron chi connectivity index (χ0n) is 10.5. The maximum Gasteiger partial charge on any atom is 0.351 e. The number of carbonyl (C=O) groups excluding carboxylic acids is 1. The summed E-state index contributed by atoms with van der Waals surface area (Å²) in [6, 6.07) is 0.217. The van der Waals surface area contributed by atoms with Crippen molar-refractivity contribution in [2.75, 3.05) is 25.2 Å². The van der Waals surface area contributed by atoms with Crippen LogP contribution < -0.4 is 4.90 Å². The van der Waals surface area contributed by atoms with Gasteiger partial charge >= 0.3 is 5.97 Å². The molecule has 0 N–H and O–H groups in total. The summed E-state index contributed by atoms with van der Waals surface area (Å²) >= 11 is 7.22. The number of methoxy groups -OCH3 is 1. The highest BCUT2D eigenvalue weighted by molar-refractivity contribution is 7.18. The molecule has 5 nitrogen and oxygen atoms in total. The van der Waals surface area contributed by atoms with Crippen LogP contribution in [0.3, 0.4) is 0 Å². The molecule has 100 valence electrons. The minimum atomic E-state index is -0.447. The fraction of sp³-hybridized carbons (Fsp3) is 0.636. The molecule has 0 amide bonds. The molecule has 7 heteroatoms. The molecule has 0 spiro atoms. The van der Waals surface area contributed by atoms with E-state index in [-0.39, 0.29) is 17.3 Å². The van der Waals surface area contributed by atoms with Gasteiger partial charge in [-0.15, -0.1) is 0 Å². The van der Waals surface area contributed by atoms with Crippen LogP contribution in [0.2, 0.25) is 5.15 Å². The Morgan fingerprint density at radius 1 is 1.61 bits per heavy atom. The first-order valence-corrected chi connectivity index (χ1v) is 6.85. The van der Waals surface area contributed by atoms with Gasteiger partial charge in [0.1, 0.15) is 0 Å². The SMILES string of the molecule is COC(=O)c1sc(N2CC(C)OCC2C)nc1Cl. The molecule has 18 heavy (non-hydrogen) atoms. The molecule has 1 fully saturated rings. The van der Waals surface area contributed by atoms with E-state index >= 15 is 0 Å². The Hall–Kier alpha value is -0.850. The summed E-state index contributed by atoms with van der Waals surface area (Å²) in [5.74, 6) is -0.447. The number of thiazole rings is 1. The van der Waals surface area contributed by atoms with Gasteiger partial charge in [-0.2, -0.15) is 0 Å². The van der Waals surface area contributed by atoms with Crippen molar-refractivity contribution in [2.45, 2.75) is 26.0 Å². The van der Waals surface area contributed by atoms with Crippen LogP contribution in [0.4, 0.5) is 5.13 Å². The van der Waals surface area contributed by atoms with Crippen LogP contribution in [0, 0.1) is 0 Å². The average molecular weight is 291 g/mol. The predicted octanol–water partition coefficient (Wildman–Crippen LogP) is 2.20. The minimum absolute atomic E-state index is 0.144. The molecular formula is C11H15ClN2O3S. The van der Waals surface area contributed by atoms with Crippen molar-refractivity contribution in [2.24, 2.45) is 0 Å². The fourth-order valence-electron chi connectivity index (χ4n) is 1.80. The Balaban J connectivity index is 2.25. The summed E-state index contributed by atoms with van der Waals surface area (Å²) < 4.78 is 10.2. The van der Waals surface area contributed by atoms with Gasteiger partial charge in [-0.05, 0) is 13.8 Å². The monoisotopic (exact) mass is 290 g/mol. The van der Waals surface area contributed by atoms with Gasteiger partial charge in [-0.3, -0.25) is 0 Å². The highest BCUT2D eigenvalue weighted by Crippen LogP contribution is 2.32. The van der Waals surface area contributed by atoms with Crippen molar-refractivity contribution in [1.29, 1.82) is 0 Å². The van der Waals surface area contributed by atoms with Crippen LogP contribution in [0.5, 0.6) is 0 Å². The summed E-state index contributed by atoms with van der Waals surface area (Å²) in [4.78, 5) is 18.2. The lowest BCUT2D eigenvalue weighted by atomic mass is 10.2. The van der Waals surface area contributed by atoms with Gasteiger partial charge in [0.05, 0.1) is 25.9 Å². The second-order valence-corrected chi connectivity index (χ2v) is 5.59. The van der Waals surface area contributed by atoms with E-state index in [2.05, 4.69) is 21.5 Å². The van der Waals surface area contributed by atoms with Crippen molar-refractivity contribution in [3.05, 3.63) is 10.0 Å². The number of morpholine rings is 1. The number of halogens is 1. The summed E-state index contributed by atoms with van der Waals surface area (Å²) in [5.41, 5.74) is 0. The quantitative estimate of drug-likeness (QED) is 0.782. The molecule has 0 aliphatic carbocycles. The standard InChI is InChI=1S/C11H15ClN2O3S/c1-6-5-17-7(2)4-14(6)11-13-9(12)8(18-11)10(15)16-3/h6-7H,4-5H2,1-3H3. The number of hydrogen-bond donors (Lipinski definition) is 0. The van der Waals surface area contributed by atoms with E-state index in [1.165, 1.54) is 18.4 Å². The molecule has 0 radical (unpaired) electrons. The highest BCUT2D eigenvalue weighted by atomic mass is 35.5. The number of anilines is 1. The summed E-state index contributed by atoms with van der Waals surface area (Å²) in [7, 11) is 1.33. The lowest BCUT2D eigenvalue weighted by molar-refractivity contribution is 0.0343. The molecular weight excluding hydrogens is 276 g/mol. The predicted molar refractivity (Wildman–Crippen MR) is 70.7 cm³/mol. The van der Waals surface area contributed by atoms with Gasteiger partial charge in [-0.1, -0.05) is 22.9 Å². The Labute approximate surface area is 115 Å². The van der Waals surface area contributed by atoms with Crippen LogP contribution in [-0.4, -0.2) is 43.4 Å². The van der Waals surface area contributed by atoms with Crippen molar-refractivity contribution in [3.8, 4) is 0 Å². The summed E-state index contributed by atoms with van der Waals surface area (Å²) in [6.07, 6.45) is 0.144. The van der Waals surface area contributed by atoms with Crippen molar-refractivity contribution in [3.63, 3.8) is 0 Å². The molecule has 2 rings (SSSR count). The van der Waals surface area contributed by atoms with E-state index in [9.17, 15) is 4.79 Å². The van der Waals surface area contributed by atoms with Gasteiger partial charge in [-0.25, -0.2) is 9.78 Å². The van der Waals surface area contributed by atoms with Crippen LogP contribution in [0.25, 0.3) is 0 Å². The number of ether oxygens (including phenoxy) is 2. The maximum atomic E-state index is 11.5. The second-order valence-electron chi connectivity index (χ2n) is 4.25. The number of hydrogen-bond acceptors (Lipinski definition) is 6. The number of rotatable bonds is 2. The Bertz CT molecular complexity index is 451. The molecule has 1 aliphatic heterocycles. The average Bonchev–Trinajstić information content (AvgIpc) is 2.73. The minimum Gasteiger partial charge on any atom is -0.465 e. The van der Waals surface area contributed by atoms with E-state index in [0.717, 1.165) is 11.7 Å². The molecule has 0 bridgehead atoms. The topological polar surface area (TPSA) is 51.7 Å². The zero-order valence-corrected chi connectivity index (χ0v) is 12.0. The summed E-state index contributed by atoms with van der Waals surface area (Å²) in [6.45, 7) is 5.45. The van der Waals surface area contributed by atoms with Crippen molar-refractivity contribution >= 4 is 34.0 Å². The third-order valence-corrected chi connectivity index (χ3v) is 4.26. The normalized spacial score (nSPS) is 24.1. The van der Waals surface area contributed by atoms with E-state index in [4.69, 9.17) is 16.3 Å². The van der Waals surface area contributed by atoms with E-state index in [1.807, 2.05) is 6.92 Å². The molecule has 1 aromatic rings. The van der Waals surface area contributed by atoms with Gasteiger partial charge in [0.15, 0.2) is 15.2 Å². The largest absolute Gasteiger partial charge is 0.465 e. The van der Waals surface area contributed by atoms with Gasteiger partial charge < -0.3 is 14.4 Å². The molecule has 0 saturated carbocycles. The number of carbonyl (C=O) groups is 1. The molecule has 2 heterocycles. The molecule has 2 atom stereocenters. The first-order valence-electron chi connectivity index (χ1n) is 5.65. The lowest BCUT2D eigenvalue weighted by Gasteiger charge is -2.36. The highest BCUT2D eigenvalue weighted by Gasteiger charge is 2.28.